The van der Waals surface area contributed by atoms with Crippen LogP contribution in [0.15, 0.2) is 61.2 Å². The van der Waals surface area contributed by atoms with Crippen molar-refractivity contribution in [2.45, 2.75) is 12.3 Å². The number of halogens is 3. The van der Waals surface area contributed by atoms with Crippen molar-refractivity contribution in [3.8, 4) is 21.1 Å². The molecule has 2 N–H and O–H groups in total. The van der Waals surface area contributed by atoms with Crippen LogP contribution in [0.4, 0.5) is 13.2 Å². The number of hydrogen-bond donors (Lipinski definition) is 2. The number of nitrogens with zero attached hydrogens (tertiary/aromatic N) is 3. The molecule has 0 amide bonds. The summed E-state index contributed by atoms with van der Waals surface area (Å²) in [6.45, 7) is 0. The van der Waals surface area contributed by atoms with Crippen LogP contribution in [0, 0.1) is 0 Å². The third kappa shape index (κ3) is 3.41. The minimum absolute atomic E-state index is 0.213. The fraction of sp³-hybridized carbons (Fsp3) is 0.105. The summed E-state index contributed by atoms with van der Waals surface area (Å²) >= 11 is 1.30. The Labute approximate surface area is 161 Å². The molecular formula is C19H13F3N4OS. The molecular weight excluding hydrogens is 389 g/mol. The van der Waals surface area contributed by atoms with E-state index in [0.29, 0.717) is 16.3 Å². The predicted molar refractivity (Wildman–Crippen MR) is 98.4 cm³/mol. The van der Waals surface area contributed by atoms with Gasteiger partial charge in [-0.25, -0.2) is 4.98 Å². The molecule has 5 nitrogen and oxygen atoms in total. The zero-order valence-corrected chi connectivity index (χ0v) is 15.0. The maximum Gasteiger partial charge on any atom is 0.416 e. The second-order valence-electron chi connectivity index (χ2n) is 5.95. The summed E-state index contributed by atoms with van der Waals surface area (Å²) in [5, 5.41) is 17.4. The van der Waals surface area contributed by atoms with Crippen molar-refractivity contribution in [2.75, 3.05) is 0 Å². The highest BCUT2D eigenvalue weighted by Gasteiger charge is 2.36. The molecule has 0 aliphatic heterocycles. The lowest BCUT2D eigenvalue weighted by Gasteiger charge is -2.17. The minimum atomic E-state index is -4.58. The highest BCUT2D eigenvalue weighted by molar-refractivity contribution is 7.19. The molecule has 0 saturated heterocycles. The maximum atomic E-state index is 13.4. The molecule has 0 radical (unpaired) electrons. The van der Waals surface area contributed by atoms with E-state index >= 15 is 0 Å². The monoisotopic (exact) mass is 402 g/mol. The second kappa shape index (κ2) is 7.17. The van der Waals surface area contributed by atoms with Crippen LogP contribution >= 0.6 is 11.3 Å². The first-order valence-electron chi connectivity index (χ1n) is 8.19. The van der Waals surface area contributed by atoms with E-state index in [4.69, 9.17) is 0 Å². The SMILES string of the molecule is OC(c1ccccc1C(F)(F)F)c1cc(-c2ccncc2)sc1-c1ncn[nH]1. The average molecular weight is 402 g/mol. The first-order valence-corrected chi connectivity index (χ1v) is 9.01. The molecule has 4 rings (SSSR count). The van der Waals surface area contributed by atoms with Gasteiger partial charge in [0.05, 0.1) is 10.4 Å². The molecule has 0 aliphatic carbocycles. The summed E-state index contributed by atoms with van der Waals surface area (Å²) in [4.78, 5) is 9.37. The van der Waals surface area contributed by atoms with Crippen LogP contribution in [0.2, 0.25) is 0 Å². The first-order chi connectivity index (χ1) is 13.4. The number of pyridine rings is 1. The third-order valence-electron chi connectivity index (χ3n) is 4.21. The zero-order valence-electron chi connectivity index (χ0n) is 14.2. The number of benzene rings is 1. The van der Waals surface area contributed by atoms with Crippen LogP contribution in [-0.2, 0) is 6.18 Å². The van der Waals surface area contributed by atoms with E-state index in [0.717, 1.165) is 16.5 Å². The van der Waals surface area contributed by atoms with Gasteiger partial charge in [0.1, 0.15) is 12.4 Å². The van der Waals surface area contributed by atoms with E-state index in [-0.39, 0.29) is 5.56 Å². The summed E-state index contributed by atoms with van der Waals surface area (Å²) < 4.78 is 40.3. The highest BCUT2D eigenvalue weighted by atomic mass is 32.1. The number of aromatic nitrogens is 4. The lowest BCUT2D eigenvalue weighted by atomic mass is 9.96. The van der Waals surface area contributed by atoms with Gasteiger partial charge in [-0.2, -0.15) is 18.3 Å². The van der Waals surface area contributed by atoms with E-state index in [2.05, 4.69) is 20.2 Å². The van der Waals surface area contributed by atoms with Crippen molar-refractivity contribution >= 4 is 11.3 Å². The van der Waals surface area contributed by atoms with Gasteiger partial charge in [-0.1, -0.05) is 18.2 Å². The molecule has 0 fully saturated rings. The smallest absolute Gasteiger partial charge is 0.384 e. The number of nitrogens with one attached hydrogen (secondary N) is 1. The van der Waals surface area contributed by atoms with Crippen molar-refractivity contribution in [2.24, 2.45) is 0 Å². The molecule has 3 aromatic heterocycles. The van der Waals surface area contributed by atoms with Gasteiger partial charge in [0.15, 0.2) is 5.82 Å². The van der Waals surface area contributed by atoms with Crippen LogP contribution in [0.5, 0.6) is 0 Å². The van der Waals surface area contributed by atoms with Crippen molar-refractivity contribution in [3.05, 3.63) is 77.9 Å². The second-order valence-corrected chi connectivity index (χ2v) is 7.00. The molecule has 0 spiro atoms. The summed E-state index contributed by atoms with van der Waals surface area (Å²) in [6, 6.07) is 10.3. The molecule has 0 bridgehead atoms. The molecule has 4 aromatic rings. The van der Waals surface area contributed by atoms with E-state index in [9.17, 15) is 18.3 Å². The molecule has 9 heteroatoms. The van der Waals surface area contributed by atoms with Crippen molar-refractivity contribution < 1.29 is 18.3 Å². The van der Waals surface area contributed by atoms with Gasteiger partial charge >= 0.3 is 6.18 Å². The van der Waals surface area contributed by atoms with Gasteiger partial charge < -0.3 is 5.11 Å². The zero-order chi connectivity index (χ0) is 19.7. The maximum absolute atomic E-state index is 13.4. The molecule has 28 heavy (non-hydrogen) atoms. The molecule has 1 aromatic carbocycles. The van der Waals surface area contributed by atoms with Crippen LogP contribution in [0.3, 0.4) is 0 Å². The molecule has 0 aliphatic rings. The number of alkyl halides is 3. The predicted octanol–water partition coefficient (Wildman–Crippen LogP) is 4.70. The van der Waals surface area contributed by atoms with E-state index in [1.54, 1.807) is 30.6 Å². The third-order valence-corrected chi connectivity index (χ3v) is 5.42. The van der Waals surface area contributed by atoms with Gasteiger partial charge in [0.2, 0.25) is 0 Å². The van der Waals surface area contributed by atoms with Crippen LogP contribution < -0.4 is 0 Å². The lowest BCUT2D eigenvalue weighted by molar-refractivity contribution is -0.139. The molecule has 3 heterocycles. The minimum Gasteiger partial charge on any atom is -0.384 e. The van der Waals surface area contributed by atoms with Gasteiger partial charge in [0, 0.05) is 22.8 Å². The summed E-state index contributed by atoms with van der Waals surface area (Å²) in [6.07, 6.45) is -1.50. The molecule has 142 valence electrons. The molecule has 1 atom stereocenters. The Morgan fingerprint density at radius 1 is 1.04 bits per heavy atom. The number of hydrogen-bond acceptors (Lipinski definition) is 5. The average Bonchev–Trinajstić information content (AvgIpc) is 3.37. The van der Waals surface area contributed by atoms with Crippen molar-refractivity contribution in [3.63, 3.8) is 0 Å². The Bertz CT molecular complexity index is 1080. The molecule has 1 unspecified atom stereocenters. The van der Waals surface area contributed by atoms with Gasteiger partial charge in [0.25, 0.3) is 0 Å². The van der Waals surface area contributed by atoms with Crippen LogP contribution in [-0.4, -0.2) is 25.3 Å². The Balaban J connectivity index is 1.87. The normalized spacial score (nSPS) is 12.9. The van der Waals surface area contributed by atoms with Crippen molar-refractivity contribution in [1.82, 2.24) is 20.2 Å². The molecule has 0 saturated carbocycles. The first kappa shape index (κ1) is 18.3. The Hall–Kier alpha value is -3.04. The summed E-state index contributed by atoms with van der Waals surface area (Å²) in [5.74, 6) is 0.379. The lowest BCUT2D eigenvalue weighted by Crippen LogP contribution is -2.12. The van der Waals surface area contributed by atoms with Crippen LogP contribution in [0.25, 0.3) is 21.1 Å². The van der Waals surface area contributed by atoms with Crippen LogP contribution in [0.1, 0.15) is 22.8 Å². The number of rotatable bonds is 4. The largest absolute Gasteiger partial charge is 0.416 e. The van der Waals surface area contributed by atoms with E-state index in [1.165, 1.54) is 35.9 Å². The highest BCUT2D eigenvalue weighted by Crippen LogP contribution is 2.43. The van der Waals surface area contributed by atoms with Gasteiger partial charge in [-0.15, -0.1) is 11.3 Å². The number of aromatic amines is 1. The standard InChI is InChI=1S/C19H13F3N4OS/c20-19(21,22)14-4-2-1-3-12(14)16(27)13-9-15(11-5-7-23-8-6-11)28-17(13)18-24-10-25-26-18/h1-10,16,27H,(H,24,25,26). The van der Waals surface area contributed by atoms with Gasteiger partial charge in [-0.3, -0.25) is 10.1 Å². The summed E-state index contributed by atoms with van der Waals surface area (Å²) in [5.41, 5.74) is 0.0751. The van der Waals surface area contributed by atoms with E-state index in [1.807, 2.05) is 0 Å². The van der Waals surface area contributed by atoms with Gasteiger partial charge in [-0.05, 0) is 35.4 Å². The Morgan fingerprint density at radius 2 is 1.79 bits per heavy atom. The summed E-state index contributed by atoms with van der Waals surface area (Å²) in [7, 11) is 0. The number of thiophene rings is 1. The fourth-order valence-corrected chi connectivity index (χ4v) is 4.07. The van der Waals surface area contributed by atoms with Crippen molar-refractivity contribution in [1.29, 1.82) is 0 Å². The topological polar surface area (TPSA) is 74.7 Å². The Morgan fingerprint density at radius 3 is 2.46 bits per heavy atom. The number of aliphatic hydroxyl groups excluding tert-OH is 1. The Kier molecular flexibility index (Phi) is 4.70. The quantitative estimate of drug-likeness (QED) is 0.519. The number of H-pyrrole nitrogens is 1. The number of aliphatic hydroxyl groups is 1. The fourth-order valence-electron chi connectivity index (χ4n) is 2.93. The van der Waals surface area contributed by atoms with E-state index < -0.39 is 17.8 Å².